The third-order valence-electron chi connectivity index (χ3n) is 11.4. The van der Waals surface area contributed by atoms with Gasteiger partial charge in [0.1, 0.15) is 0 Å². The third kappa shape index (κ3) is 5.48. The lowest BCUT2D eigenvalue weighted by Gasteiger charge is -2.37. The predicted octanol–water partition coefficient (Wildman–Crippen LogP) is 11.0. The summed E-state index contributed by atoms with van der Waals surface area (Å²) in [6.07, 6.45) is 0.662. The van der Waals surface area contributed by atoms with Gasteiger partial charge in [0.05, 0.1) is 22.4 Å². The van der Waals surface area contributed by atoms with Gasteiger partial charge in [-0.3, -0.25) is 0 Å². The average Bonchev–Trinajstić information content (AvgIpc) is 3.43. The number of halogens is 4. The van der Waals surface area contributed by atoms with Crippen LogP contribution in [0.25, 0.3) is 43.1 Å². The van der Waals surface area contributed by atoms with E-state index in [1.807, 2.05) is 12.1 Å². The number of rotatable bonds is 4. The Labute approximate surface area is 320 Å². The molecular formula is C40H36B2Br2Cl2O4. The van der Waals surface area contributed by atoms with Crippen molar-refractivity contribution in [3.8, 4) is 0 Å². The van der Waals surface area contributed by atoms with Crippen molar-refractivity contribution in [3.63, 3.8) is 0 Å². The van der Waals surface area contributed by atoms with Gasteiger partial charge in [-0.05, 0) is 126 Å². The number of hydrogen-bond donors (Lipinski definition) is 0. The van der Waals surface area contributed by atoms with Gasteiger partial charge in [0.25, 0.3) is 0 Å². The first-order chi connectivity index (χ1) is 23.5. The molecule has 0 N–H and O–H groups in total. The van der Waals surface area contributed by atoms with Gasteiger partial charge in [0.2, 0.25) is 0 Å². The zero-order valence-electron chi connectivity index (χ0n) is 29.0. The lowest BCUT2D eigenvalue weighted by atomic mass is 9.77. The molecule has 1 atom stereocenters. The minimum atomic E-state index is -0.608. The van der Waals surface area contributed by atoms with Crippen LogP contribution >= 0.6 is 55.1 Å². The Kier molecular flexibility index (Phi) is 8.34. The Morgan fingerprint density at radius 3 is 1.64 bits per heavy atom. The molecule has 0 aliphatic carbocycles. The van der Waals surface area contributed by atoms with Gasteiger partial charge in [0.15, 0.2) is 0 Å². The van der Waals surface area contributed by atoms with Crippen LogP contribution < -0.4 is 10.9 Å². The summed E-state index contributed by atoms with van der Waals surface area (Å²) in [5, 5.41) is 9.57. The van der Waals surface area contributed by atoms with E-state index in [1.54, 1.807) is 0 Å². The Morgan fingerprint density at radius 2 is 1.08 bits per heavy atom. The van der Waals surface area contributed by atoms with Gasteiger partial charge < -0.3 is 18.6 Å². The van der Waals surface area contributed by atoms with Crippen molar-refractivity contribution in [1.82, 2.24) is 0 Å². The van der Waals surface area contributed by atoms with Crippen LogP contribution in [-0.2, 0) is 25.0 Å². The highest BCUT2D eigenvalue weighted by atomic mass is 79.9. The van der Waals surface area contributed by atoms with Crippen molar-refractivity contribution in [2.24, 2.45) is 0 Å². The van der Waals surface area contributed by atoms with Crippen molar-refractivity contribution in [1.29, 1.82) is 0 Å². The number of hydrogen-bond acceptors (Lipinski definition) is 4. The summed E-state index contributed by atoms with van der Waals surface area (Å²) >= 11 is 21.7. The molecule has 1 unspecified atom stereocenters. The summed E-state index contributed by atoms with van der Waals surface area (Å²) in [6, 6.07) is 27.1. The molecule has 0 bridgehead atoms. The molecule has 6 aromatic rings. The minimum absolute atomic E-state index is 0.430. The second-order valence-corrected chi connectivity index (χ2v) is 17.8. The molecule has 50 heavy (non-hydrogen) atoms. The summed E-state index contributed by atoms with van der Waals surface area (Å²) in [7, 11) is -1.04. The monoisotopic (exact) mass is 830 g/mol. The van der Waals surface area contributed by atoms with Crippen molar-refractivity contribution in [2.75, 3.05) is 0 Å². The summed E-state index contributed by atoms with van der Waals surface area (Å²) in [5.41, 5.74) is 0.955. The highest BCUT2D eigenvalue weighted by Crippen LogP contribution is 2.44. The highest BCUT2D eigenvalue weighted by Gasteiger charge is 2.55. The zero-order valence-corrected chi connectivity index (χ0v) is 33.7. The maximum Gasteiger partial charge on any atom is 0.494 e. The smallest absolute Gasteiger partial charge is 0.399 e. The molecule has 8 rings (SSSR count). The van der Waals surface area contributed by atoms with E-state index in [4.69, 9.17) is 41.8 Å². The van der Waals surface area contributed by atoms with Gasteiger partial charge in [-0.25, -0.2) is 0 Å². The maximum absolute atomic E-state index is 7.09. The molecule has 2 aliphatic rings. The van der Waals surface area contributed by atoms with Gasteiger partial charge >= 0.3 is 14.2 Å². The first-order valence-electron chi connectivity index (χ1n) is 16.8. The van der Waals surface area contributed by atoms with Crippen LogP contribution in [0.3, 0.4) is 0 Å². The third-order valence-corrected chi connectivity index (χ3v) is 13.6. The molecule has 0 spiro atoms. The van der Waals surface area contributed by atoms with E-state index in [-0.39, 0.29) is 0 Å². The van der Waals surface area contributed by atoms with Gasteiger partial charge in [-0.15, -0.1) is 0 Å². The van der Waals surface area contributed by atoms with Crippen LogP contribution in [0.2, 0.25) is 10.0 Å². The molecular weight excluding hydrogens is 797 g/mol. The fourth-order valence-electron chi connectivity index (χ4n) is 7.29. The number of fused-ring (bicyclic) bond motifs is 6. The van der Waals surface area contributed by atoms with Gasteiger partial charge in [-0.1, -0.05) is 99.8 Å². The van der Waals surface area contributed by atoms with Crippen molar-refractivity contribution < 1.29 is 18.6 Å². The van der Waals surface area contributed by atoms with E-state index < -0.39 is 36.6 Å². The molecule has 2 saturated heterocycles. The van der Waals surface area contributed by atoms with Crippen molar-refractivity contribution in [2.45, 2.75) is 77.3 Å². The first kappa shape index (κ1) is 34.9. The maximum atomic E-state index is 7.09. The van der Waals surface area contributed by atoms with E-state index in [2.05, 4.69) is 147 Å². The quantitative estimate of drug-likeness (QED) is 0.131. The van der Waals surface area contributed by atoms with Crippen LogP contribution in [0.4, 0.5) is 0 Å². The Balaban J connectivity index is 1.14. The lowest BCUT2D eigenvalue weighted by Crippen LogP contribution is -2.46. The summed E-state index contributed by atoms with van der Waals surface area (Å²) in [6.45, 7) is 14.6. The fourth-order valence-corrected chi connectivity index (χ4v) is 9.38. The molecule has 6 aromatic carbocycles. The SMILES string of the molecule is CC1(C)OB(c2ccc3c(c2)c(Cl)cc2c4ccc(B5OC(C)(C)C(C)(Cc6ccc7cccc(Br)c7c6Br)O5)cc4c(Cl)cc32)OC1(C)C. The Bertz CT molecular complexity index is 2380. The molecule has 254 valence electrons. The van der Waals surface area contributed by atoms with E-state index in [0.29, 0.717) is 16.5 Å². The molecule has 2 heterocycles. The van der Waals surface area contributed by atoms with E-state index >= 15 is 0 Å². The summed E-state index contributed by atoms with van der Waals surface area (Å²) in [4.78, 5) is 0. The summed E-state index contributed by atoms with van der Waals surface area (Å²) < 4.78 is 28.3. The topological polar surface area (TPSA) is 36.9 Å². The molecule has 0 aromatic heterocycles. The Hall–Kier alpha value is -2.13. The minimum Gasteiger partial charge on any atom is -0.399 e. The molecule has 0 amide bonds. The van der Waals surface area contributed by atoms with Crippen LogP contribution in [-0.4, -0.2) is 36.6 Å². The van der Waals surface area contributed by atoms with Crippen LogP contribution in [0.15, 0.2) is 87.8 Å². The predicted molar refractivity (Wildman–Crippen MR) is 218 cm³/mol. The van der Waals surface area contributed by atoms with Crippen LogP contribution in [0, 0.1) is 0 Å². The zero-order chi connectivity index (χ0) is 35.5. The second kappa shape index (κ2) is 11.9. The summed E-state index contributed by atoms with van der Waals surface area (Å²) in [5.74, 6) is 0. The second-order valence-electron chi connectivity index (χ2n) is 15.4. The van der Waals surface area contributed by atoms with Crippen molar-refractivity contribution >= 4 is 123 Å². The molecule has 2 aliphatic heterocycles. The molecule has 10 heteroatoms. The first-order valence-corrected chi connectivity index (χ1v) is 19.2. The van der Waals surface area contributed by atoms with Crippen molar-refractivity contribution in [3.05, 3.63) is 103 Å². The molecule has 0 saturated carbocycles. The largest absolute Gasteiger partial charge is 0.494 e. The lowest BCUT2D eigenvalue weighted by molar-refractivity contribution is -0.00885. The van der Waals surface area contributed by atoms with E-state index in [0.717, 1.165) is 63.1 Å². The van der Waals surface area contributed by atoms with Crippen LogP contribution in [0.1, 0.15) is 54.0 Å². The molecule has 4 nitrogen and oxygen atoms in total. The standard InChI is InChI=1S/C40H36B2Br2Cl2O4/c1-37(2)38(3,4)48-41(47-37)24-13-15-26-28-20-34(46)31-18-25(14-16-27(31)29(28)19-33(45)30(26)17-24)42-49-39(5,6)40(7,50-42)21-23-12-11-22-9-8-10-32(43)35(22)36(23)44/h8-20H,21H2,1-7H3. The Morgan fingerprint density at radius 1 is 0.560 bits per heavy atom. The van der Waals surface area contributed by atoms with E-state index in [9.17, 15) is 0 Å². The normalized spacial score (nSPS) is 21.3. The van der Waals surface area contributed by atoms with Gasteiger partial charge in [0, 0.05) is 41.6 Å². The van der Waals surface area contributed by atoms with Gasteiger partial charge in [-0.2, -0.15) is 0 Å². The van der Waals surface area contributed by atoms with Crippen LogP contribution in [0.5, 0.6) is 0 Å². The fraction of sp³-hybridized carbons (Fsp3) is 0.300. The number of benzene rings is 6. The average molecular weight is 833 g/mol. The highest BCUT2D eigenvalue weighted by molar-refractivity contribution is 9.11. The molecule has 0 radical (unpaired) electrons. The van der Waals surface area contributed by atoms with E-state index in [1.165, 1.54) is 5.39 Å². The molecule has 2 fully saturated rings.